The van der Waals surface area contributed by atoms with Crippen molar-refractivity contribution in [3.8, 4) is 0 Å². The third kappa shape index (κ3) is 3.00. The van der Waals surface area contributed by atoms with Crippen molar-refractivity contribution in [1.29, 1.82) is 0 Å². The summed E-state index contributed by atoms with van der Waals surface area (Å²) in [7, 11) is -3.64. The predicted molar refractivity (Wildman–Crippen MR) is 81.5 cm³/mol. The molecule has 0 spiro atoms. The Bertz CT molecular complexity index is 785. The van der Waals surface area contributed by atoms with Crippen LogP contribution in [0.25, 0.3) is 10.9 Å². The Morgan fingerprint density at radius 1 is 1.45 bits per heavy atom. The van der Waals surface area contributed by atoms with Gasteiger partial charge in [-0.3, -0.25) is 0 Å². The maximum Gasteiger partial charge on any atom is 0.243 e. The van der Waals surface area contributed by atoms with Crippen molar-refractivity contribution >= 4 is 32.5 Å². The van der Waals surface area contributed by atoms with Gasteiger partial charge < -0.3 is 0 Å². The minimum Gasteiger partial charge on any atom is -0.234 e. The van der Waals surface area contributed by atoms with Crippen molar-refractivity contribution in [3.63, 3.8) is 0 Å². The lowest BCUT2D eigenvalue weighted by Crippen LogP contribution is -2.25. The first-order valence-electron chi connectivity index (χ1n) is 6.01. The molecule has 1 aromatic carbocycles. The van der Waals surface area contributed by atoms with Crippen LogP contribution in [0, 0.1) is 6.92 Å². The molecule has 106 valence electrons. The quantitative estimate of drug-likeness (QED) is 0.697. The molecule has 1 aromatic heterocycles. The summed E-state index contributed by atoms with van der Waals surface area (Å²) in [6.07, 6.45) is 0. The van der Waals surface area contributed by atoms with Crippen LogP contribution in [0.4, 0.5) is 0 Å². The summed E-state index contributed by atoms with van der Waals surface area (Å²) in [5.74, 6) is 0. The maximum atomic E-state index is 12.3. The number of halogens is 1. The number of aryl methyl sites for hydroxylation is 1. The summed E-state index contributed by atoms with van der Waals surface area (Å²) >= 11 is 6.00. The Kier molecular flexibility index (Phi) is 4.13. The number of fused-ring (bicyclic) bond motifs is 1. The minimum absolute atomic E-state index is 0.123. The van der Waals surface area contributed by atoms with Crippen molar-refractivity contribution in [3.05, 3.63) is 47.1 Å². The molecule has 0 unspecified atom stereocenters. The summed E-state index contributed by atoms with van der Waals surface area (Å²) in [4.78, 5) is 4.32. The number of pyridine rings is 1. The van der Waals surface area contributed by atoms with Gasteiger partial charge in [0.25, 0.3) is 0 Å². The van der Waals surface area contributed by atoms with Gasteiger partial charge in [-0.05, 0) is 31.5 Å². The molecule has 0 aliphatic heterocycles. The smallest absolute Gasteiger partial charge is 0.234 e. The normalized spacial score (nSPS) is 11.8. The molecule has 1 N–H and O–H groups in total. The van der Waals surface area contributed by atoms with Crippen LogP contribution < -0.4 is 4.72 Å². The molecule has 0 atom stereocenters. The standard InChI is InChI=1S/C14H15ClN2O2S/c1-9(2)8-16-20(18,19)12-6-4-5-11-7-10(3)14(15)17-13(11)12/h4-7,16H,1,8H2,2-3H3. The molecular formula is C14H15ClN2O2S. The van der Waals surface area contributed by atoms with E-state index in [1.165, 1.54) is 6.07 Å². The summed E-state index contributed by atoms with van der Waals surface area (Å²) in [6, 6.07) is 6.83. The highest BCUT2D eigenvalue weighted by molar-refractivity contribution is 7.89. The highest BCUT2D eigenvalue weighted by atomic mass is 35.5. The van der Waals surface area contributed by atoms with Gasteiger partial charge in [0.15, 0.2) is 0 Å². The Morgan fingerprint density at radius 2 is 2.15 bits per heavy atom. The van der Waals surface area contributed by atoms with E-state index in [1.54, 1.807) is 13.0 Å². The topological polar surface area (TPSA) is 59.1 Å². The number of benzene rings is 1. The molecule has 0 fully saturated rings. The van der Waals surface area contributed by atoms with Gasteiger partial charge in [0.1, 0.15) is 10.0 Å². The highest BCUT2D eigenvalue weighted by Gasteiger charge is 2.18. The minimum atomic E-state index is -3.64. The first-order chi connectivity index (χ1) is 9.31. The molecule has 0 radical (unpaired) electrons. The summed E-state index contributed by atoms with van der Waals surface area (Å²) in [5, 5.41) is 1.05. The van der Waals surface area contributed by atoms with Crippen LogP contribution in [-0.2, 0) is 10.0 Å². The predicted octanol–water partition coefficient (Wildman–Crippen LogP) is 3.05. The number of hydrogen-bond donors (Lipinski definition) is 1. The van der Waals surface area contributed by atoms with E-state index in [9.17, 15) is 8.42 Å². The molecule has 0 bridgehead atoms. The first-order valence-corrected chi connectivity index (χ1v) is 7.87. The van der Waals surface area contributed by atoms with Gasteiger partial charge in [0.05, 0.1) is 5.52 Å². The second-order valence-electron chi connectivity index (χ2n) is 4.71. The van der Waals surface area contributed by atoms with E-state index in [-0.39, 0.29) is 11.4 Å². The SMILES string of the molecule is C=C(C)CNS(=O)(=O)c1cccc2cc(C)c(Cl)nc12. The molecule has 0 aliphatic rings. The molecule has 6 heteroatoms. The van der Waals surface area contributed by atoms with Crippen LogP contribution in [0.1, 0.15) is 12.5 Å². The van der Waals surface area contributed by atoms with Gasteiger partial charge in [-0.15, -0.1) is 0 Å². The summed E-state index contributed by atoms with van der Waals surface area (Å²) in [6.45, 7) is 7.45. The number of para-hydroxylation sites is 1. The van der Waals surface area contributed by atoms with Crippen LogP contribution in [-0.4, -0.2) is 19.9 Å². The maximum absolute atomic E-state index is 12.3. The summed E-state index contributed by atoms with van der Waals surface area (Å²) in [5.41, 5.74) is 1.91. The molecule has 2 aromatic rings. The fourth-order valence-corrected chi connectivity index (χ4v) is 3.17. The number of hydrogen-bond acceptors (Lipinski definition) is 3. The molecule has 2 rings (SSSR count). The zero-order valence-electron chi connectivity index (χ0n) is 11.3. The van der Waals surface area contributed by atoms with E-state index >= 15 is 0 Å². The van der Waals surface area contributed by atoms with Crippen LogP contribution in [0.3, 0.4) is 0 Å². The van der Waals surface area contributed by atoms with Crippen LogP contribution in [0.15, 0.2) is 41.3 Å². The molecule has 0 saturated carbocycles. The molecule has 0 saturated heterocycles. The molecule has 4 nitrogen and oxygen atoms in total. The van der Waals surface area contributed by atoms with Crippen LogP contribution in [0.5, 0.6) is 0 Å². The van der Waals surface area contributed by atoms with Crippen LogP contribution >= 0.6 is 11.6 Å². The third-order valence-electron chi connectivity index (χ3n) is 2.79. The monoisotopic (exact) mass is 310 g/mol. The number of nitrogens with one attached hydrogen (secondary N) is 1. The van der Waals surface area contributed by atoms with E-state index < -0.39 is 10.0 Å². The van der Waals surface area contributed by atoms with Crippen molar-refractivity contribution < 1.29 is 8.42 Å². The first kappa shape index (κ1) is 15.0. The van der Waals surface area contributed by atoms with Gasteiger partial charge in [0, 0.05) is 11.9 Å². The average molecular weight is 311 g/mol. The number of nitrogens with zero attached hydrogens (tertiary/aromatic N) is 1. The van der Waals surface area contributed by atoms with Crippen molar-refractivity contribution in [2.75, 3.05) is 6.54 Å². The second kappa shape index (κ2) is 5.52. The molecule has 1 heterocycles. The third-order valence-corrected chi connectivity index (χ3v) is 4.61. The number of sulfonamides is 1. The lowest BCUT2D eigenvalue weighted by atomic mass is 10.2. The Hall–Kier alpha value is -1.43. The fourth-order valence-electron chi connectivity index (χ4n) is 1.77. The lowest BCUT2D eigenvalue weighted by Gasteiger charge is -2.10. The zero-order valence-corrected chi connectivity index (χ0v) is 12.8. The van der Waals surface area contributed by atoms with Crippen molar-refractivity contribution in [1.82, 2.24) is 9.71 Å². The van der Waals surface area contributed by atoms with Gasteiger partial charge in [0.2, 0.25) is 10.0 Å². The van der Waals surface area contributed by atoms with E-state index in [0.29, 0.717) is 10.7 Å². The Labute approximate surface area is 123 Å². The number of aromatic nitrogens is 1. The Morgan fingerprint density at radius 3 is 2.80 bits per heavy atom. The highest BCUT2D eigenvalue weighted by Crippen LogP contribution is 2.25. The molecule has 20 heavy (non-hydrogen) atoms. The van der Waals surface area contributed by atoms with E-state index in [4.69, 9.17) is 11.6 Å². The van der Waals surface area contributed by atoms with Gasteiger partial charge >= 0.3 is 0 Å². The van der Waals surface area contributed by atoms with E-state index in [0.717, 1.165) is 16.5 Å². The number of rotatable bonds is 4. The molecular weight excluding hydrogens is 296 g/mol. The van der Waals surface area contributed by atoms with Gasteiger partial charge in [-0.1, -0.05) is 35.9 Å². The fraction of sp³-hybridized carbons (Fsp3) is 0.214. The average Bonchev–Trinajstić information content (AvgIpc) is 2.37. The van der Waals surface area contributed by atoms with Crippen LogP contribution in [0.2, 0.25) is 5.15 Å². The summed E-state index contributed by atoms with van der Waals surface area (Å²) < 4.78 is 27.1. The molecule has 0 aliphatic carbocycles. The van der Waals surface area contributed by atoms with Crippen molar-refractivity contribution in [2.24, 2.45) is 0 Å². The lowest BCUT2D eigenvalue weighted by molar-refractivity contribution is 0.585. The van der Waals surface area contributed by atoms with Gasteiger partial charge in [-0.25, -0.2) is 18.1 Å². The zero-order chi connectivity index (χ0) is 14.9. The molecule has 0 amide bonds. The van der Waals surface area contributed by atoms with Crippen molar-refractivity contribution in [2.45, 2.75) is 18.7 Å². The second-order valence-corrected chi connectivity index (χ2v) is 6.80. The van der Waals surface area contributed by atoms with Gasteiger partial charge in [-0.2, -0.15) is 0 Å². The van der Waals surface area contributed by atoms with E-state index in [2.05, 4.69) is 16.3 Å². The largest absolute Gasteiger partial charge is 0.243 e. The Balaban J connectivity index is 2.60. The van der Waals surface area contributed by atoms with E-state index in [1.807, 2.05) is 19.1 Å².